The van der Waals surface area contributed by atoms with E-state index < -0.39 is 0 Å². The molecule has 1 aliphatic rings. The molecule has 0 spiro atoms. The molecule has 0 heterocycles. The maximum atomic E-state index is 13.1. The van der Waals surface area contributed by atoms with Gasteiger partial charge in [0.1, 0.15) is 5.82 Å². The van der Waals surface area contributed by atoms with Gasteiger partial charge in [-0.1, -0.05) is 23.7 Å². The van der Waals surface area contributed by atoms with E-state index in [1.54, 1.807) is 6.07 Å². The zero-order chi connectivity index (χ0) is 11.5. The minimum Gasteiger partial charge on any atom is -0.393 e. The molecule has 16 heavy (non-hydrogen) atoms. The van der Waals surface area contributed by atoms with Crippen molar-refractivity contribution in [1.29, 1.82) is 0 Å². The molecule has 0 amide bonds. The molecule has 0 radical (unpaired) electrons. The highest BCUT2D eigenvalue weighted by Crippen LogP contribution is 2.26. The van der Waals surface area contributed by atoms with Crippen LogP contribution < -0.4 is 5.32 Å². The Balaban J connectivity index is 1.79. The highest BCUT2D eigenvalue weighted by atomic mass is 35.5. The zero-order valence-corrected chi connectivity index (χ0v) is 9.67. The van der Waals surface area contributed by atoms with Crippen LogP contribution in [0, 0.1) is 11.7 Å². The van der Waals surface area contributed by atoms with Crippen molar-refractivity contribution in [2.45, 2.75) is 25.5 Å². The molecule has 1 aromatic carbocycles. The van der Waals surface area contributed by atoms with Crippen LogP contribution in [0.4, 0.5) is 4.39 Å². The van der Waals surface area contributed by atoms with Crippen molar-refractivity contribution < 1.29 is 9.50 Å². The molecular weight excluding hydrogens is 229 g/mol. The summed E-state index contributed by atoms with van der Waals surface area (Å²) in [7, 11) is 0. The fourth-order valence-electron chi connectivity index (χ4n) is 1.96. The molecule has 0 aliphatic heterocycles. The first kappa shape index (κ1) is 11.8. The van der Waals surface area contributed by atoms with Crippen LogP contribution in [-0.2, 0) is 6.54 Å². The Morgan fingerprint density at radius 2 is 2.19 bits per heavy atom. The minimum atomic E-state index is -0.375. The highest BCUT2D eigenvalue weighted by molar-refractivity contribution is 6.31. The topological polar surface area (TPSA) is 32.3 Å². The van der Waals surface area contributed by atoms with Crippen molar-refractivity contribution in [2.24, 2.45) is 5.92 Å². The summed E-state index contributed by atoms with van der Waals surface area (Å²) in [5.74, 6) is 0.169. The number of hydrogen-bond acceptors (Lipinski definition) is 2. The normalized spacial score (nSPS) is 24.2. The molecule has 1 saturated carbocycles. The molecular formula is C12H15ClFNO. The highest BCUT2D eigenvalue weighted by Gasteiger charge is 2.26. The lowest BCUT2D eigenvalue weighted by Crippen LogP contribution is -2.35. The van der Waals surface area contributed by atoms with Gasteiger partial charge in [-0.05, 0) is 36.9 Å². The number of aliphatic hydroxyl groups is 1. The lowest BCUT2D eigenvalue weighted by molar-refractivity contribution is 0.0430. The van der Waals surface area contributed by atoms with Crippen molar-refractivity contribution in [2.75, 3.05) is 6.54 Å². The quantitative estimate of drug-likeness (QED) is 0.851. The number of hydrogen-bond donors (Lipinski definition) is 2. The second-order valence-electron chi connectivity index (χ2n) is 4.34. The first-order valence-corrected chi connectivity index (χ1v) is 5.86. The average Bonchev–Trinajstić information content (AvgIpc) is 2.21. The monoisotopic (exact) mass is 243 g/mol. The summed E-state index contributed by atoms with van der Waals surface area (Å²) in [5, 5.41) is 12.5. The predicted molar refractivity (Wildman–Crippen MR) is 61.8 cm³/mol. The summed E-state index contributed by atoms with van der Waals surface area (Å²) in [6, 6.07) is 4.83. The number of nitrogens with one attached hydrogen (secondary N) is 1. The molecule has 0 aromatic heterocycles. The van der Waals surface area contributed by atoms with E-state index in [9.17, 15) is 4.39 Å². The van der Waals surface area contributed by atoms with Crippen LogP contribution in [0.3, 0.4) is 0 Å². The summed E-state index contributed by atoms with van der Waals surface area (Å²) in [4.78, 5) is 0. The van der Waals surface area contributed by atoms with Gasteiger partial charge >= 0.3 is 0 Å². The Labute approximate surface area is 99.4 Å². The zero-order valence-electron chi connectivity index (χ0n) is 8.92. The summed E-state index contributed by atoms with van der Waals surface area (Å²) in [6.45, 7) is 1.42. The molecule has 0 unspecified atom stereocenters. The smallest absolute Gasteiger partial charge is 0.142 e. The van der Waals surface area contributed by atoms with Crippen LogP contribution in [0.25, 0.3) is 0 Å². The van der Waals surface area contributed by atoms with E-state index >= 15 is 0 Å². The van der Waals surface area contributed by atoms with Crippen LogP contribution in [0.5, 0.6) is 0 Å². The number of rotatable bonds is 4. The van der Waals surface area contributed by atoms with Gasteiger partial charge < -0.3 is 10.4 Å². The molecule has 0 saturated heterocycles. The Morgan fingerprint density at radius 3 is 2.88 bits per heavy atom. The third-order valence-electron chi connectivity index (χ3n) is 2.99. The van der Waals surface area contributed by atoms with E-state index in [-0.39, 0.29) is 16.9 Å². The van der Waals surface area contributed by atoms with Gasteiger partial charge in [0, 0.05) is 6.54 Å². The number of halogens is 2. The predicted octanol–water partition coefficient (Wildman–Crippen LogP) is 2.34. The molecule has 0 atom stereocenters. The fraction of sp³-hybridized carbons (Fsp3) is 0.500. The largest absolute Gasteiger partial charge is 0.393 e. The molecule has 1 fully saturated rings. The van der Waals surface area contributed by atoms with Gasteiger partial charge in [-0.15, -0.1) is 0 Å². The van der Waals surface area contributed by atoms with Crippen molar-refractivity contribution in [3.63, 3.8) is 0 Å². The van der Waals surface area contributed by atoms with Crippen LogP contribution in [0.2, 0.25) is 5.02 Å². The number of aliphatic hydroxyl groups excluding tert-OH is 1. The van der Waals surface area contributed by atoms with Crippen LogP contribution in [0.15, 0.2) is 18.2 Å². The van der Waals surface area contributed by atoms with Crippen LogP contribution in [-0.4, -0.2) is 17.8 Å². The fourth-order valence-corrected chi connectivity index (χ4v) is 2.16. The first-order chi connectivity index (χ1) is 7.66. The van der Waals surface area contributed by atoms with E-state index in [2.05, 4.69) is 5.32 Å². The molecule has 0 bridgehead atoms. The third kappa shape index (κ3) is 2.73. The molecule has 2 rings (SSSR count). The Kier molecular flexibility index (Phi) is 3.79. The van der Waals surface area contributed by atoms with Crippen LogP contribution >= 0.6 is 11.6 Å². The van der Waals surface area contributed by atoms with Crippen molar-refractivity contribution in [3.8, 4) is 0 Å². The van der Waals surface area contributed by atoms with Gasteiger partial charge in [0.15, 0.2) is 0 Å². The van der Waals surface area contributed by atoms with Crippen molar-refractivity contribution in [1.82, 2.24) is 5.32 Å². The van der Waals surface area contributed by atoms with Gasteiger partial charge in [-0.3, -0.25) is 0 Å². The van der Waals surface area contributed by atoms with Gasteiger partial charge in [0.25, 0.3) is 0 Å². The van der Waals surface area contributed by atoms with Gasteiger partial charge in [-0.2, -0.15) is 0 Å². The molecule has 1 aliphatic carbocycles. The Hall–Kier alpha value is -0.640. The molecule has 1 aromatic rings. The van der Waals surface area contributed by atoms with E-state index in [1.165, 1.54) is 6.07 Å². The van der Waals surface area contributed by atoms with Gasteiger partial charge in [0.2, 0.25) is 0 Å². The molecule has 2 N–H and O–H groups in total. The minimum absolute atomic E-state index is 0.121. The second kappa shape index (κ2) is 5.13. The maximum absolute atomic E-state index is 13.1. The van der Waals surface area contributed by atoms with Gasteiger partial charge in [-0.25, -0.2) is 4.39 Å². The SMILES string of the molecule is OC1CC(CNCc2cccc(F)c2Cl)C1. The Morgan fingerprint density at radius 1 is 1.44 bits per heavy atom. The second-order valence-corrected chi connectivity index (χ2v) is 4.71. The van der Waals surface area contributed by atoms with Crippen molar-refractivity contribution >= 4 is 11.6 Å². The van der Waals surface area contributed by atoms with Crippen LogP contribution in [0.1, 0.15) is 18.4 Å². The summed E-state index contributed by atoms with van der Waals surface area (Å²) < 4.78 is 13.1. The van der Waals surface area contributed by atoms with E-state index in [4.69, 9.17) is 16.7 Å². The average molecular weight is 244 g/mol. The third-order valence-corrected chi connectivity index (χ3v) is 3.41. The standard InChI is InChI=1S/C12H15ClFNO/c13-12-9(2-1-3-11(12)14)7-15-6-8-4-10(16)5-8/h1-3,8,10,15-16H,4-7H2. The maximum Gasteiger partial charge on any atom is 0.142 e. The van der Waals surface area contributed by atoms with Crippen molar-refractivity contribution in [3.05, 3.63) is 34.6 Å². The van der Waals surface area contributed by atoms with E-state index in [0.29, 0.717) is 12.5 Å². The summed E-state index contributed by atoms with van der Waals surface area (Å²) in [6.07, 6.45) is 1.61. The summed E-state index contributed by atoms with van der Waals surface area (Å²) >= 11 is 5.82. The summed E-state index contributed by atoms with van der Waals surface area (Å²) in [5.41, 5.74) is 0.779. The van der Waals surface area contributed by atoms with Gasteiger partial charge in [0.05, 0.1) is 11.1 Å². The molecule has 2 nitrogen and oxygen atoms in total. The number of benzene rings is 1. The first-order valence-electron chi connectivity index (χ1n) is 5.48. The Bertz CT molecular complexity index is 366. The van der Waals surface area contributed by atoms with E-state index in [0.717, 1.165) is 24.9 Å². The molecule has 4 heteroatoms. The van der Waals surface area contributed by atoms with E-state index in [1.807, 2.05) is 6.07 Å². The molecule has 88 valence electrons. The lowest BCUT2D eigenvalue weighted by atomic mass is 9.82. The lowest BCUT2D eigenvalue weighted by Gasteiger charge is -2.31.